The van der Waals surface area contributed by atoms with Gasteiger partial charge in [0.2, 0.25) is 0 Å². The highest BCUT2D eigenvalue weighted by Gasteiger charge is 2.24. The lowest BCUT2D eigenvalue weighted by molar-refractivity contribution is -0.151. The summed E-state index contributed by atoms with van der Waals surface area (Å²) in [6.45, 7) is 7.65. The van der Waals surface area contributed by atoms with Crippen molar-refractivity contribution in [2.24, 2.45) is 5.92 Å². The molecule has 0 aromatic heterocycles. The Balaban J connectivity index is 3.65. The van der Waals surface area contributed by atoms with Gasteiger partial charge in [0.05, 0.1) is 19.8 Å². The van der Waals surface area contributed by atoms with Crippen molar-refractivity contribution in [3.8, 4) is 0 Å². The van der Waals surface area contributed by atoms with Gasteiger partial charge < -0.3 is 14.2 Å². The van der Waals surface area contributed by atoms with Gasteiger partial charge >= 0.3 is 5.97 Å². The molecular weight excluding hydrogens is 248 g/mol. The Morgan fingerprint density at radius 2 is 1.63 bits per heavy atom. The van der Waals surface area contributed by atoms with Crippen molar-refractivity contribution < 1.29 is 23.8 Å². The second-order valence-electron chi connectivity index (χ2n) is 4.28. The van der Waals surface area contributed by atoms with E-state index >= 15 is 0 Å². The van der Waals surface area contributed by atoms with Crippen molar-refractivity contribution >= 4 is 11.8 Å². The maximum absolute atomic E-state index is 11.5. The van der Waals surface area contributed by atoms with Gasteiger partial charge in [-0.3, -0.25) is 9.59 Å². The first kappa shape index (κ1) is 18.1. The first-order valence-electron chi connectivity index (χ1n) is 6.96. The number of rotatable bonds is 12. The molecular formula is C14H26O5. The van der Waals surface area contributed by atoms with Crippen LogP contribution in [0.4, 0.5) is 0 Å². The van der Waals surface area contributed by atoms with Crippen LogP contribution < -0.4 is 0 Å². The van der Waals surface area contributed by atoms with E-state index < -0.39 is 11.9 Å². The second-order valence-corrected chi connectivity index (χ2v) is 4.28. The molecule has 0 rings (SSSR count). The molecule has 0 radical (unpaired) electrons. The van der Waals surface area contributed by atoms with Crippen LogP contribution in [0, 0.1) is 5.92 Å². The molecule has 1 atom stereocenters. The Kier molecular flexibility index (Phi) is 11.5. The van der Waals surface area contributed by atoms with E-state index in [1.807, 2.05) is 0 Å². The molecule has 0 aliphatic carbocycles. The van der Waals surface area contributed by atoms with Crippen LogP contribution in [-0.2, 0) is 23.8 Å². The molecule has 0 aromatic rings. The Bertz CT molecular complexity index is 252. The molecule has 0 amide bonds. The monoisotopic (exact) mass is 274 g/mol. The number of Topliss-reactive ketones (excluding diaryl/α,β-unsaturated/α-hetero) is 1. The number of hydrogen-bond acceptors (Lipinski definition) is 5. The summed E-state index contributed by atoms with van der Waals surface area (Å²) in [4.78, 5) is 22.8. The minimum atomic E-state index is -0.707. The number of unbranched alkanes of at least 4 members (excludes halogenated alkanes) is 1. The fourth-order valence-electron chi connectivity index (χ4n) is 1.50. The Morgan fingerprint density at radius 1 is 1.00 bits per heavy atom. The summed E-state index contributed by atoms with van der Waals surface area (Å²) in [5.41, 5.74) is 0. The molecule has 0 fully saturated rings. The summed E-state index contributed by atoms with van der Waals surface area (Å²) in [5.74, 6) is -1.35. The van der Waals surface area contributed by atoms with Gasteiger partial charge in [-0.05, 0) is 26.7 Å². The quantitative estimate of drug-likeness (QED) is 0.309. The van der Waals surface area contributed by atoms with Crippen LogP contribution in [0.3, 0.4) is 0 Å². The van der Waals surface area contributed by atoms with Crippen molar-refractivity contribution in [2.45, 2.75) is 40.0 Å². The zero-order valence-corrected chi connectivity index (χ0v) is 12.3. The van der Waals surface area contributed by atoms with Crippen molar-refractivity contribution in [1.29, 1.82) is 0 Å². The van der Waals surface area contributed by atoms with E-state index in [1.165, 1.54) is 6.92 Å². The van der Waals surface area contributed by atoms with E-state index in [0.717, 1.165) is 19.4 Å². The van der Waals surface area contributed by atoms with E-state index in [2.05, 4.69) is 6.92 Å². The SMILES string of the molecule is CCCCOCCOCCC(C(C)=O)C(=O)OCC. The predicted octanol–water partition coefficient (Wildman–Crippen LogP) is 1.98. The molecule has 19 heavy (non-hydrogen) atoms. The molecule has 0 saturated heterocycles. The second kappa shape index (κ2) is 12.1. The summed E-state index contributed by atoms with van der Waals surface area (Å²) < 4.78 is 15.5. The average Bonchev–Trinajstić information content (AvgIpc) is 2.36. The van der Waals surface area contributed by atoms with Crippen molar-refractivity contribution in [2.75, 3.05) is 33.0 Å². The van der Waals surface area contributed by atoms with Crippen LogP contribution in [0.15, 0.2) is 0 Å². The molecule has 0 bridgehead atoms. The van der Waals surface area contributed by atoms with Crippen molar-refractivity contribution in [3.05, 3.63) is 0 Å². The maximum atomic E-state index is 11.5. The standard InChI is InChI=1S/C14H26O5/c1-4-6-8-17-10-11-18-9-7-13(12(3)15)14(16)19-5-2/h13H,4-11H2,1-3H3. The fraction of sp³-hybridized carbons (Fsp3) is 0.857. The number of ketones is 1. The normalized spacial score (nSPS) is 12.2. The molecule has 0 aliphatic heterocycles. The lowest BCUT2D eigenvalue weighted by atomic mass is 10.0. The third-order valence-electron chi connectivity index (χ3n) is 2.63. The van der Waals surface area contributed by atoms with Crippen LogP contribution >= 0.6 is 0 Å². The molecule has 0 aliphatic rings. The lowest BCUT2D eigenvalue weighted by Gasteiger charge is -2.12. The fourth-order valence-corrected chi connectivity index (χ4v) is 1.50. The van der Waals surface area contributed by atoms with E-state index in [9.17, 15) is 9.59 Å². The van der Waals surface area contributed by atoms with Gasteiger partial charge in [0.15, 0.2) is 0 Å². The van der Waals surface area contributed by atoms with E-state index in [0.29, 0.717) is 26.2 Å². The molecule has 0 heterocycles. The highest BCUT2D eigenvalue weighted by molar-refractivity contribution is 5.97. The summed E-state index contributed by atoms with van der Waals surface area (Å²) in [5, 5.41) is 0. The van der Waals surface area contributed by atoms with Crippen LogP contribution in [0.1, 0.15) is 40.0 Å². The summed E-state index contributed by atoms with van der Waals surface area (Å²) in [6.07, 6.45) is 2.53. The third-order valence-corrected chi connectivity index (χ3v) is 2.63. The van der Waals surface area contributed by atoms with Gasteiger partial charge in [-0.1, -0.05) is 13.3 Å². The minimum Gasteiger partial charge on any atom is -0.465 e. The number of carbonyl (C=O) groups is 2. The summed E-state index contributed by atoms with van der Waals surface area (Å²) in [6, 6.07) is 0. The highest BCUT2D eigenvalue weighted by atomic mass is 16.5. The molecule has 112 valence electrons. The average molecular weight is 274 g/mol. The van der Waals surface area contributed by atoms with Gasteiger partial charge in [-0.15, -0.1) is 0 Å². The van der Waals surface area contributed by atoms with Crippen molar-refractivity contribution in [1.82, 2.24) is 0 Å². The van der Waals surface area contributed by atoms with Crippen LogP contribution in [0.5, 0.6) is 0 Å². The Hall–Kier alpha value is -0.940. The smallest absolute Gasteiger partial charge is 0.316 e. The van der Waals surface area contributed by atoms with Gasteiger partial charge in [0, 0.05) is 13.2 Å². The molecule has 5 heteroatoms. The highest BCUT2D eigenvalue weighted by Crippen LogP contribution is 2.08. The van der Waals surface area contributed by atoms with Crippen LogP contribution in [0.2, 0.25) is 0 Å². The van der Waals surface area contributed by atoms with Crippen molar-refractivity contribution in [3.63, 3.8) is 0 Å². The first-order chi connectivity index (χ1) is 9.13. The summed E-state index contributed by atoms with van der Waals surface area (Å²) >= 11 is 0. The number of esters is 1. The molecule has 0 N–H and O–H groups in total. The molecule has 1 unspecified atom stereocenters. The molecule has 5 nitrogen and oxygen atoms in total. The van der Waals surface area contributed by atoms with Crippen LogP contribution in [-0.4, -0.2) is 44.8 Å². The molecule has 0 aromatic carbocycles. The molecule has 0 saturated carbocycles. The molecule has 0 spiro atoms. The predicted molar refractivity (Wildman–Crippen MR) is 72.0 cm³/mol. The van der Waals surface area contributed by atoms with E-state index in [4.69, 9.17) is 14.2 Å². The van der Waals surface area contributed by atoms with Gasteiger partial charge in [-0.2, -0.15) is 0 Å². The summed E-state index contributed by atoms with van der Waals surface area (Å²) in [7, 11) is 0. The maximum Gasteiger partial charge on any atom is 0.316 e. The largest absolute Gasteiger partial charge is 0.465 e. The van der Waals surface area contributed by atoms with Crippen LogP contribution in [0.25, 0.3) is 0 Å². The van der Waals surface area contributed by atoms with E-state index in [-0.39, 0.29) is 12.4 Å². The Morgan fingerprint density at radius 3 is 2.16 bits per heavy atom. The van der Waals surface area contributed by atoms with Gasteiger partial charge in [-0.25, -0.2) is 0 Å². The zero-order valence-electron chi connectivity index (χ0n) is 12.3. The number of hydrogen-bond donors (Lipinski definition) is 0. The number of carbonyl (C=O) groups excluding carboxylic acids is 2. The van der Waals surface area contributed by atoms with Gasteiger partial charge in [0.1, 0.15) is 11.7 Å². The zero-order chi connectivity index (χ0) is 14.5. The first-order valence-corrected chi connectivity index (χ1v) is 6.96. The van der Waals surface area contributed by atoms with E-state index in [1.54, 1.807) is 6.92 Å². The third kappa shape index (κ3) is 9.62. The number of ether oxygens (including phenoxy) is 3. The lowest BCUT2D eigenvalue weighted by Crippen LogP contribution is -2.26. The van der Waals surface area contributed by atoms with Gasteiger partial charge in [0.25, 0.3) is 0 Å². The Labute approximate surface area is 115 Å². The minimum absolute atomic E-state index is 0.179. The topological polar surface area (TPSA) is 61.8 Å².